The van der Waals surface area contributed by atoms with Crippen LogP contribution in [0, 0.1) is 11.7 Å². The minimum absolute atomic E-state index is 0.160. The lowest BCUT2D eigenvalue weighted by Crippen LogP contribution is -2.01. The third kappa shape index (κ3) is 3.49. The Bertz CT molecular complexity index is 303. The summed E-state index contributed by atoms with van der Waals surface area (Å²) in [6.07, 6.45) is 5.82. The average molecular weight is 227 g/mol. The first kappa shape index (κ1) is 10.9. The molecule has 82 valence electrons. The van der Waals surface area contributed by atoms with Crippen molar-refractivity contribution in [3.8, 4) is 0 Å². The van der Waals surface area contributed by atoms with Crippen LogP contribution < -0.4 is 0 Å². The van der Waals surface area contributed by atoms with E-state index in [-0.39, 0.29) is 5.82 Å². The third-order valence-corrected chi connectivity index (χ3v) is 3.57. The van der Waals surface area contributed by atoms with E-state index >= 15 is 0 Å². The van der Waals surface area contributed by atoms with Crippen LogP contribution >= 0.6 is 11.6 Å². The second kappa shape index (κ2) is 4.98. The van der Waals surface area contributed by atoms with Gasteiger partial charge >= 0.3 is 0 Å². The molecule has 1 atom stereocenters. The summed E-state index contributed by atoms with van der Waals surface area (Å²) < 4.78 is 12.6. The van der Waals surface area contributed by atoms with Crippen LogP contribution in [0.2, 0.25) is 0 Å². The lowest BCUT2D eigenvalue weighted by atomic mass is 10.1. The predicted molar refractivity (Wildman–Crippen MR) is 61.7 cm³/mol. The molecule has 1 aromatic rings. The first-order valence-electron chi connectivity index (χ1n) is 5.64. The van der Waals surface area contributed by atoms with E-state index < -0.39 is 0 Å². The predicted octanol–water partition coefficient (Wildman–Crippen LogP) is 4.17. The molecule has 0 spiro atoms. The van der Waals surface area contributed by atoms with Crippen molar-refractivity contribution in [2.75, 3.05) is 0 Å². The van der Waals surface area contributed by atoms with Gasteiger partial charge < -0.3 is 0 Å². The zero-order valence-corrected chi connectivity index (χ0v) is 9.51. The van der Waals surface area contributed by atoms with Gasteiger partial charge in [-0.2, -0.15) is 0 Å². The van der Waals surface area contributed by atoms with Crippen LogP contribution in [-0.4, -0.2) is 5.38 Å². The van der Waals surface area contributed by atoms with Crippen molar-refractivity contribution in [2.24, 2.45) is 5.92 Å². The molecular weight excluding hydrogens is 211 g/mol. The van der Waals surface area contributed by atoms with Gasteiger partial charge in [-0.3, -0.25) is 0 Å². The molecule has 0 radical (unpaired) electrons. The Balaban J connectivity index is 1.70. The van der Waals surface area contributed by atoms with E-state index in [1.165, 1.54) is 30.5 Å². The fourth-order valence-electron chi connectivity index (χ4n) is 1.85. The maximum atomic E-state index is 12.6. The highest BCUT2D eigenvalue weighted by atomic mass is 35.5. The summed E-state index contributed by atoms with van der Waals surface area (Å²) in [5.41, 5.74) is 1.20. The van der Waals surface area contributed by atoms with Gasteiger partial charge in [0.2, 0.25) is 0 Å². The monoisotopic (exact) mass is 226 g/mol. The summed E-state index contributed by atoms with van der Waals surface area (Å²) in [7, 11) is 0. The number of hydrogen-bond acceptors (Lipinski definition) is 0. The van der Waals surface area contributed by atoms with Gasteiger partial charge in [0.1, 0.15) is 5.82 Å². The van der Waals surface area contributed by atoms with Crippen LogP contribution in [0.1, 0.15) is 31.2 Å². The molecule has 2 heteroatoms. The van der Waals surface area contributed by atoms with Gasteiger partial charge in [0.05, 0.1) is 0 Å². The van der Waals surface area contributed by atoms with Crippen LogP contribution in [0.25, 0.3) is 0 Å². The molecule has 0 aromatic heterocycles. The molecule has 1 saturated carbocycles. The molecule has 0 heterocycles. The minimum Gasteiger partial charge on any atom is -0.207 e. The Hall–Kier alpha value is -0.560. The zero-order chi connectivity index (χ0) is 10.7. The van der Waals surface area contributed by atoms with Gasteiger partial charge in [-0.1, -0.05) is 12.1 Å². The van der Waals surface area contributed by atoms with Crippen LogP contribution in [0.4, 0.5) is 4.39 Å². The van der Waals surface area contributed by atoms with Gasteiger partial charge in [0, 0.05) is 5.38 Å². The topological polar surface area (TPSA) is 0 Å². The second-order valence-corrected chi connectivity index (χ2v) is 4.93. The Morgan fingerprint density at radius 2 is 1.93 bits per heavy atom. The molecule has 1 aliphatic carbocycles. The Labute approximate surface area is 95.4 Å². The lowest BCUT2D eigenvalue weighted by molar-refractivity contribution is 0.622. The summed E-state index contributed by atoms with van der Waals surface area (Å²) in [6.45, 7) is 0. The largest absolute Gasteiger partial charge is 0.207 e. The van der Waals surface area contributed by atoms with Gasteiger partial charge in [-0.05, 0) is 55.7 Å². The van der Waals surface area contributed by atoms with Crippen molar-refractivity contribution in [1.82, 2.24) is 0 Å². The number of benzene rings is 1. The van der Waals surface area contributed by atoms with Crippen LogP contribution in [0.5, 0.6) is 0 Å². The summed E-state index contributed by atoms with van der Waals surface area (Å²) >= 11 is 6.21. The number of rotatable bonds is 5. The van der Waals surface area contributed by atoms with E-state index in [1.54, 1.807) is 0 Å². The molecule has 2 rings (SSSR count). The molecular formula is C13H16ClF. The lowest BCUT2D eigenvalue weighted by Gasteiger charge is -2.07. The molecule has 0 nitrogen and oxygen atoms in total. The smallest absolute Gasteiger partial charge is 0.123 e. The molecule has 15 heavy (non-hydrogen) atoms. The second-order valence-electron chi connectivity index (χ2n) is 4.37. The van der Waals surface area contributed by atoms with E-state index in [9.17, 15) is 4.39 Å². The van der Waals surface area contributed by atoms with E-state index in [0.717, 1.165) is 25.2 Å². The summed E-state index contributed by atoms with van der Waals surface area (Å²) in [4.78, 5) is 0. The molecule has 1 aromatic carbocycles. The quantitative estimate of drug-likeness (QED) is 0.662. The molecule has 0 amide bonds. The molecule has 0 bridgehead atoms. The molecule has 0 N–H and O–H groups in total. The van der Waals surface area contributed by atoms with Gasteiger partial charge in [0.15, 0.2) is 0 Å². The average Bonchev–Trinajstić information content (AvgIpc) is 3.04. The fraction of sp³-hybridized carbons (Fsp3) is 0.538. The zero-order valence-electron chi connectivity index (χ0n) is 8.76. The van der Waals surface area contributed by atoms with E-state index in [4.69, 9.17) is 11.6 Å². The Kier molecular flexibility index (Phi) is 3.63. The van der Waals surface area contributed by atoms with E-state index in [2.05, 4.69) is 0 Å². The molecule has 0 aliphatic heterocycles. The van der Waals surface area contributed by atoms with Crippen molar-refractivity contribution in [1.29, 1.82) is 0 Å². The first-order valence-corrected chi connectivity index (χ1v) is 6.08. The first-order chi connectivity index (χ1) is 7.25. The van der Waals surface area contributed by atoms with Crippen molar-refractivity contribution in [3.05, 3.63) is 35.6 Å². The minimum atomic E-state index is -0.160. The van der Waals surface area contributed by atoms with E-state index in [1.807, 2.05) is 12.1 Å². The number of hydrogen-bond donors (Lipinski definition) is 0. The maximum Gasteiger partial charge on any atom is 0.123 e. The maximum absolute atomic E-state index is 12.6. The SMILES string of the molecule is Fc1ccc(CCCC(Cl)C2CC2)cc1. The number of alkyl halides is 1. The van der Waals surface area contributed by atoms with Gasteiger partial charge in [-0.25, -0.2) is 4.39 Å². The Morgan fingerprint density at radius 1 is 1.27 bits per heavy atom. The molecule has 0 saturated heterocycles. The van der Waals surface area contributed by atoms with Crippen molar-refractivity contribution in [2.45, 2.75) is 37.5 Å². The van der Waals surface area contributed by atoms with Crippen LogP contribution in [0.15, 0.2) is 24.3 Å². The Morgan fingerprint density at radius 3 is 2.53 bits per heavy atom. The standard InChI is InChI=1S/C13H16ClF/c14-13(11-6-7-11)3-1-2-10-4-8-12(15)9-5-10/h4-5,8-9,11,13H,1-3,6-7H2. The van der Waals surface area contributed by atoms with Gasteiger partial charge in [-0.15, -0.1) is 11.6 Å². The summed E-state index contributed by atoms with van der Waals surface area (Å²) in [5.74, 6) is 0.617. The van der Waals surface area contributed by atoms with E-state index in [0.29, 0.717) is 5.38 Å². The van der Waals surface area contributed by atoms with Crippen LogP contribution in [-0.2, 0) is 6.42 Å². The fourth-order valence-corrected chi connectivity index (χ4v) is 2.25. The van der Waals surface area contributed by atoms with Crippen LogP contribution in [0.3, 0.4) is 0 Å². The van der Waals surface area contributed by atoms with Gasteiger partial charge in [0.25, 0.3) is 0 Å². The summed E-state index contributed by atoms with van der Waals surface area (Å²) in [5, 5.41) is 0.366. The highest BCUT2D eigenvalue weighted by Crippen LogP contribution is 2.37. The highest BCUT2D eigenvalue weighted by Gasteiger charge is 2.28. The highest BCUT2D eigenvalue weighted by molar-refractivity contribution is 6.20. The molecule has 1 fully saturated rings. The van der Waals surface area contributed by atoms with Crippen molar-refractivity contribution in [3.63, 3.8) is 0 Å². The summed E-state index contributed by atoms with van der Waals surface area (Å²) in [6, 6.07) is 6.76. The third-order valence-electron chi connectivity index (χ3n) is 2.99. The molecule has 1 aliphatic rings. The number of halogens is 2. The molecule has 1 unspecified atom stereocenters. The number of aryl methyl sites for hydroxylation is 1. The van der Waals surface area contributed by atoms with Crippen molar-refractivity contribution < 1.29 is 4.39 Å². The van der Waals surface area contributed by atoms with Crippen molar-refractivity contribution >= 4 is 11.6 Å². The normalized spacial score (nSPS) is 17.7.